The lowest BCUT2D eigenvalue weighted by Crippen LogP contribution is -2.24. The number of benzene rings is 1. The SMILES string of the molecule is COc1cc(CNC(=O)Cc2csc(-c3ccsc3)n2)ccc1O. The maximum absolute atomic E-state index is 12.1. The molecule has 2 aromatic heterocycles. The van der Waals surface area contributed by atoms with Crippen molar-refractivity contribution in [3.8, 4) is 22.1 Å². The monoisotopic (exact) mass is 360 g/mol. The van der Waals surface area contributed by atoms with Gasteiger partial charge in [0.05, 0.1) is 19.2 Å². The Morgan fingerprint density at radius 1 is 1.33 bits per heavy atom. The molecular weight excluding hydrogens is 344 g/mol. The van der Waals surface area contributed by atoms with Crippen molar-refractivity contribution in [2.24, 2.45) is 0 Å². The molecule has 3 rings (SSSR count). The number of hydrogen-bond acceptors (Lipinski definition) is 6. The summed E-state index contributed by atoms with van der Waals surface area (Å²) in [4.78, 5) is 16.6. The molecule has 124 valence electrons. The van der Waals surface area contributed by atoms with Gasteiger partial charge in [-0.1, -0.05) is 6.07 Å². The molecule has 1 aromatic carbocycles. The first-order chi connectivity index (χ1) is 11.7. The minimum Gasteiger partial charge on any atom is -0.504 e. The zero-order valence-electron chi connectivity index (χ0n) is 13.0. The van der Waals surface area contributed by atoms with Gasteiger partial charge < -0.3 is 15.2 Å². The van der Waals surface area contributed by atoms with Crippen LogP contribution in [-0.4, -0.2) is 23.1 Å². The van der Waals surface area contributed by atoms with E-state index < -0.39 is 0 Å². The van der Waals surface area contributed by atoms with Gasteiger partial charge in [0.2, 0.25) is 5.91 Å². The van der Waals surface area contributed by atoms with Crippen molar-refractivity contribution < 1.29 is 14.6 Å². The van der Waals surface area contributed by atoms with E-state index >= 15 is 0 Å². The highest BCUT2D eigenvalue weighted by Gasteiger charge is 2.10. The van der Waals surface area contributed by atoms with E-state index in [1.165, 1.54) is 7.11 Å². The molecule has 0 aliphatic heterocycles. The molecule has 0 atom stereocenters. The van der Waals surface area contributed by atoms with Crippen LogP contribution in [0.25, 0.3) is 10.6 Å². The Hall–Kier alpha value is -2.38. The number of phenolic OH excluding ortho intramolecular Hbond substituents is 1. The number of hydrogen-bond donors (Lipinski definition) is 2. The average molecular weight is 360 g/mol. The van der Waals surface area contributed by atoms with E-state index in [1.54, 1.807) is 40.9 Å². The van der Waals surface area contributed by atoms with Gasteiger partial charge in [0.15, 0.2) is 11.5 Å². The van der Waals surface area contributed by atoms with Crippen LogP contribution in [0.2, 0.25) is 0 Å². The van der Waals surface area contributed by atoms with Crippen LogP contribution in [0.5, 0.6) is 11.5 Å². The third-order valence-corrected chi connectivity index (χ3v) is 5.02. The molecule has 2 heterocycles. The zero-order chi connectivity index (χ0) is 16.9. The summed E-state index contributed by atoms with van der Waals surface area (Å²) in [6.45, 7) is 0.372. The molecule has 3 aromatic rings. The van der Waals surface area contributed by atoms with Crippen molar-refractivity contribution in [2.45, 2.75) is 13.0 Å². The van der Waals surface area contributed by atoms with Gasteiger partial charge >= 0.3 is 0 Å². The lowest BCUT2D eigenvalue weighted by Gasteiger charge is -2.08. The minimum atomic E-state index is -0.0933. The van der Waals surface area contributed by atoms with E-state index in [0.29, 0.717) is 12.3 Å². The summed E-state index contributed by atoms with van der Waals surface area (Å²) in [7, 11) is 1.49. The molecular formula is C17H16N2O3S2. The second-order valence-corrected chi connectivity index (χ2v) is 6.75. The third kappa shape index (κ3) is 3.93. The van der Waals surface area contributed by atoms with Crippen LogP contribution in [0.15, 0.2) is 40.4 Å². The summed E-state index contributed by atoms with van der Waals surface area (Å²) in [5.41, 5.74) is 2.71. The summed E-state index contributed by atoms with van der Waals surface area (Å²) in [6.07, 6.45) is 0.246. The molecule has 0 spiro atoms. The van der Waals surface area contributed by atoms with Crippen molar-refractivity contribution in [1.29, 1.82) is 0 Å². The number of phenols is 1. The van der Waals surface area contributed by atoms with E-state index in [-0.39, 0.29) is 18.1 Å². The number of ether oxygens (including phenoxy) is 1. The number of nitrogens with zero attached hydrogens (tertiary/aromatic N) is 1. The number of thiophene rings is 1. The van der Waals surface area contributed by atoms with Crippen molar-refractivity contribution in [3.05, 3.63) is 51.7 Å². The van der Waals surface area contributed by atoms with Crippen molar-refractivity contribution in [3.63, 3.8) is 0 Å². The van der Waals surface area contributed by atoms with Gasteiger partial charge in [-0.2, -0.15) is 11.3 Å². The van der Waals surface area contributed by atoms with Crippen molar-refractivity contribution in [1.82, 2.24) is 10.3 Å². The fourth-order valence-corrected chi connectivity index (χ4v) is 3.70. The Bertz CT molecular complexity index is 828. The van der Waals surface area contributed by atoms with Crippen LogP contribution in [0.1, 0.15) is 11.3 Å². The lowest BCUT2D eigenvalue weighted by atomic mass is 10.2. The fourth-order valence-electron chi connectivity index (χ4n) is 2.17. The van der Waals surface area contributed by atoms with Crippen LogP contribution in [0.4, 0.5) is 0 Å². The van der Waals surface area contributed by atoms with E-state index in [1.807, 2.05) is 22.2 Å². The second-order valence-electron chi connectivity index (χ2n) is 5.12. The Morgan fingerprint density at radius 3 is 2.96 bits per heavy atom. The predicted octanol–water partition coefficient (Wildman–Crippen LogP) is 3.44. The van der Waals surface area contributed by atoms with Gasteiger partial charge in [0.1, 0.15) is 5.01 Å². The first-order valence-electron chi connectivity index (χ1n) is 7.25. The number of aromatic nitrogens is 1. The van der Waals surface area contributed by atoms with Gasteiger partial charge in [-0.15, -0.1) is 11.3 Å². The summed E-state index contributed by atoms with van der Waals surface area (Å²) >= 11 is 3.17. The van der Waals surface area contributed by atoms with Crippen LogP contribution >= 0.6 is 22.7 Å². The summed E-state index contributed by atoms with van der Waals surface area (Å²) in [6, 6.07) is 7.02. The maximum Gasteiger partial charge on any atom is 0.226 e. The van der Waals surface area contributed by atoms with Gasteiger partial charge in [-0.3, -0.25) is 4.79 Å². The quantitative estimate of drug-likeness (QED) is 0.706. The minimum absolute atomic E-state index is 0.0796. The molecule has 0 radical (unpaired) electrons. The zero-order valence-corrected chi connectivity index (χ0v) is 14.6. The first kappa shape index (κ1) is 16.5. The number of carbonyl (C=O) groups is 1. The molecule has 0 unspecified atom stereocenters. The number of rotatable bonds is 6. The molecule has 5 nitrogen and oxygen atoms in total. The molecule has 7 heteroatoms. The Balaban J connectivity index is 1.56. The van der Waals surface area contributed by atoms with Crippen molar-refractivity contribution in [2.75, 3.05) is 7.11 Å². The normalized spacial score (nSPS) is 10.5. The molecule has 0 aliphatic rings. The average Bonchev–Trinajstić information content (AvgIpc) is 3.25. The molecule has 0 saturated carbocycles. The molecule has 0 fully saturated rings. The highest BCUT2D eigenvalue weighted by Crippen LogP contribution is 2.27. The topological polar surface area (TPSA) is 71.5 Å². The molecule has 1 amide bonds. The van der Waals surface area contributed by atoms with E-state index in [9.17, 15) is 9.90 Å². The van der Waals surface area contributed by atoms with Crippen LogP contribution in [-0.2, 0) is 17.8 Å². The molecule has 24 heavy (non-hydrogen) atoms. The predicted molar refractivity (Wildman–Crippen MR) is 95.6 cm³/mol. The van der Waals surface area contributed by atoms with Gasteiger partial charge in [0.25, 0.3) is 0 Å². The summed E-state index contributed by atoms with van der Waals surface area (Å²) in [5.74, 6) is 0.377. The molecule has 0 bridgehead atoms. The second kappa shape index (κ2) is 7.46. The molecule has 0 saturated heterocycles. The van der Waals surface area contributed by atoms with Crippen LogP contribution < -0.4 is 10.1 Å². The van der Waals surface area contributed by atoms with Crippen molar-refractivity contribution >= 4 is 28.6 Å². The highest BCUT2D eigenvalue weighted by atomic mass is 32.1. The van der Waals surface area contributed by atoms with Gasteiger partial charge in [-0.25, -0.2) is 4.98 Å². The first-order valence-corrected chi connectivity index (χ1v) is 9.07. The largest absolute Gasteiger partial charge is 0.504 e. The van der Waals surface area contributed by atoms with E-state index in [4.69, 9.17) is 4.74 Å². The number of thiazole rings is 1. The number of amides is 1. The van der Waals surface area contributed by atoms with E-state index in [2.05, 4.69) is 10.3 Å². The number of nitrogens with one attached hydrogen (secondary N) is 1. The Morgan fingerprint density at radius 2 is 2.21 bits per heavy atom. The maximum atomic E-state index is 12.1. The van der Waals surface area contributed by atoms with Crippen LogP contribution in [0, 0.1) is 0 Å². The number of aromatic hydroxyl groups is 1. The summed E-state index contributed by atoms with van der Waals surface area (Å²) < 4.78 is 5.06. The smallest absolute Gasteiger partial charge is 0.226 e. The Labute approximate surface area is 147 Å². The Kier molecular flexibility index (Phi) is 5.12. The van der Waals surface area contributed by atoms with Gasteiger partial charge in [-0.05, 0) is 29.1 Å². The fraction of sp³-hybridized carbons (Fsp3) is 0.176. The summed E-state index contributed by atoms with van der Waals surface area (Å²) in [5, 5.41) is 19.3. The highest BCUT2D eigenvalue weighted by molar-refractivity contribution is 7.14. The molecule has 0 aliphatic carbocycles. The lowest BCUT2D eigenvalue weighted by molar-refractivity contribution is -0.120. The van der Waals surface area contributed by atoms with E-state index in [0.717, 1.165) is 21.8 Å². The van der Waals surface area contributed by atoms with Crippen LogP contribution in [0.3, 0.4) is 0 Å². The number of methoxy groups -OCH3 is 1. The number of carbonyl (C=O) groups excluding carboxylic acids is 1. The standard InChI is InChI=1S/C17H16N2O3S2/c1-22-15-6-11(2-3-14(15)20)8-18-16(21)7-13-10-24-17(19-13)12-4-5-23-9-12/h2-6,9-10,20H,7-8H2,1H3,(H,18,21). The third-order valence-electron chi connectivity index (χ3n) is 3.40. The molecule has 2 N–H and O–H groups in total. The van der Waals surface area contributed by atoms with Gasteiger partial charge in [0, 0.05) is 22.9 Å².